The van der Waals surface area contributed by atoms with E-state index in [0.717, 1.165) is 13.0 Å². The summed E-state index contributed by atoms with van der Waals surface area (Å²) in [5.74, 6) is 0.0663. The van der Waals surface area contributed by atoms with Crippen molar-refractivity contribution >= 4 is 35.3 Å². The number of fused-ring (bicyclic) bond motifs is 1. The molecule has 3 rings (SSSR count). The van der Waals surface area contributed by atoms with E-state index in [4.69, 9.17) is 5.73 Å². The van der Waals surface area contributed by atoms with Gasteiger partial charge in [-0.05, 0) is 48.6 Å². The average Bonchev–Trinajstić information content (AvgIpc) is 2.88. The number of nitrogens with two attached hydrogens (primary N) is 1. The fraction of sp³-hybridized carbons (Fsp3) is 0.267. The second-order valence-corrected chi connectivity index (χ2v) is 5.85. The third-order valence-corrected chi connectivity index (χ3v) is 4.67. The molecule has 0 saturated carbocycles. The molecule has 1 aromatic carbocycles. The van der Waals surface area contributed by atoms with Crippen molar-refractivity contribution in [2.45, 2.75) is 19.4 Å². The summed E-state index contributed by atoms with van der Waals surface area (Å²) in [6.45, 7) is 2.87. The van der Waals surface area contributed by atoms with Gasteiger partial charge in [-0.1, -0.05) is 6.07 Å². The number of anilines is 1. The highest BCUT2D eigenvalue weighted by Crippen LogP contribution is 2.33. The minimum Gasteiger partial charge on any atom is -0.399 e. The van der Waals surface area contributed by atoms with Gasteiger partial charge >= 0.3 is 0 Å². The molecule has 5 heteroatoms. The van der Waals surface area contributed by atoms with Crippen LogP contribution in [0.4, 0.5) is 5.69 Å². The Balaban J connectivity index is 0.00000147. The molecule has 1 aliphatic heterocycles. The zero-order valence-electron chi connectivity index (χ0n) is 11.2. The molecule has 1 unspecified atom stereocenters. The number of hydrogen-bond acceptors (Lipinski definition) is 3. The van der Waals surface area contributed by atoms with E-state index in [-0.39, 0.29) is 24.4 Å². The highest BCUT2D eigenvalue weighted by Gasteiger charge is 2.28. The molecular formula is C15H17ClN2OS. The molecule has 106 valence electrons. The summed E-state index contributed by atoms with van der Waals surface area (Å²) in [4.78, 5) is 15.9. The maximum atomic E-state index is 12.6. The number of carbonyl (C=O) groups is 1. The van der Waals surface area contributed by atoms with Crippen LogP contribution in [-0.4, -0.2) is 17.4 Å². The Morgan fingerprint density at radius 2 is 2.20 bits per heavy atom. The molecule has 1 amide bonds. The fourth-order valence-corrected chi connectivity index (χ4v) is 3.59. The smallest absolute Gasteiger partial charge is 0.254 e. The lowest BCUT2D eigenvalue weighted by molar-refractivity contribution is 0.0679. The second-order valence-electron chi connectivity index (χ2n) is 4.85. The van der Waals surface area contributed by atoms with Crippen molar-refractivity contribution in [2.24, 2.45) is 0 Å². The predicted molar refractivity (Wildman–Crippen MR) is 85.6 cm³/mol. The lowest BCUT2D eigenvalue weighted by Crippen LogP contribution is -2.38. The van der Waals surface area contributed by atoms with Gasteiger partial charge in [0.25, 0.3) is 5.91 Å². The number of amides is 1. The normalized spacial score (nSPS) is 17.2. The van der Waals surface area contributed by atoms with Gasteiger partial charge in [-0.2, -0.15) is 0 Å². The number of rotatable bonds is 1. The van der Waals surface area contributed by atoms with Crippen LogP contribution in [0.5, 0.6) is 0 Å². The Labute approximate surface area is 128 Å². The van der Waals surface area contributed by atoms with Gasteiger partial charge in [0.05, 0.1) is 6.04 Å². The second kappa shape index (κ2) is 5.85. The van der Waals surface area contributed by atoms with Crippen molar-refractivity contribution in [2.75, 3.05) is 12.3 Å². The standard InChI is InChI=1S/C15H16N2OS.ClH/c1-10-13-6-8-19-14(13)5-7-17(10)15(18)11-3-2-4-12(16)9-11;/h2-4,6,8-10H,5,7,16H2,1H3;1H. The molecule has 2 heterocycles. The maximum Gasteiger partial charge on any atom is 0.254 e. The highest BCUT2D eigenvalue weighted by molar-refractivity contribution is 7.10. The summed E-state index contributed by atoms with van der Waals surface area (Å²) in [5, 5.41) is 2.11. The lowest BCUT2D eigenvalue weighted by Gasteiger charge is -2.33. The number of nitrogen functional groups attached to an aromatic ring is 1. The van der Waals surface area contributed by atoms with E-state index in [1.807, 2.05) is 17.0 Å². The Hall–Kier alpha value is -1.52. The van der Waals surface area contributed by atoms with Gasteiger partial charge in [-0.15, -0.1) is 23.7 Å². The first-order valence-electron chi connectivity index (χ1n) is 6.39. The van der Waals surface area contributed by atoms with Crippen LogP contribution in [0, 0.1) is 0 Å². The summed E-state index contributed by atoms with van der Waals surface area (Å²) in [7, 11) is 0. The summed E-state index contributed by atoms with van der Waals surface area (Å²) in [6, 6.07) is 9.47. The monoisotopic (exact) mass is 308 g/mol. The van der Waals surface area contributed by atoms with Crippen LogP contribution in [0.15, 0.2) is 35.7 Å². The Morgan fingerprint density at radius 1 is 1.40 bits per heavy atom. The van der Waals surface area contributed by atoms with Crippen LogP contribution in [0.1, 0.15) is 33.8 Å². The van der Waals surface area contributed by atoms with Crippen LogP contribution in [0.2, 0.25) is 0 Å². The van der Waals surface area contributed by atoms with E-state index in [9.17, 15) is 4.79 Å². The molecule has 1 aliphatic rings. The van der Waals surface area contributed by atoms with Crippen LogP contribution >= 0.6 is 23.7 Å². The van der Waals surface area contributed by atoms with E-state index in [1.165, 1.54) is 10.4 Å². The fourth-order valence-electron chi connectivity index (χ4n) is 2.62. The van der Waals surface area contributed by atoms with E-state index in [2.05, 4.69) is 18.4 Å². The molecule has 3 nitrogen and oxygen atoms in total. The molecule has 0 saturated heterocycles. The largest absolute Gasteiger partial charge is 0.399 e. The first-order chi connectivity index (χ1) is 9.16. The van der Waals surface area contributed by atoms with Crippen molar-refractivity contribution in [1.82, 2.24) is 4.90 Å². The summed E-state index contributed by atoms with van der Waals surface area (Å²) in [5.41, 5.74) is 8.34. The van der Waals surface area contributed by atoms with Crippen molar-refractivity contribution in [3.63, 3.8) is 0 Å². The minimum absolute atomic E-state index is 0. The van der Waals surface area contributed by atoms with Gasteiger partial charge in [0.15, 0.2) is 0 Å². The summed E-state index contributed by atoms with van der Waals surface area (Å²) in [6.07, 6.45) is 0.950. The van der Waals surface area contributed by atoms with Crippen LogP contribution in [0.3, 0.4) is 0 Å². The minimum atomic E-state index is 0. The topological polar surface area (TPSA) is 46.3 Å². The third kappa shape index (κ3) is 2.53. The molecule has 2 aromatic rings. The zero-order chi connectivity index (χ0) is 13.4. The predicted octanol–water partition coefficient (Wildman–Crippen LogP) is 3.51. The average molecular weight is 309 g/mol. The van der Waals surface area contributed by atoms with E-state index < -0.39 is 0 Å². The number of carbonyl (C=O) groups excluding carboxylic acids is 1. The number of hydrogen-bond donors (Lipinski definition) is 1. The molecule has 0 radical (unpaired) electrons. The molecule has 0 aliphatic carbocycles. The maximum absolute atomic E-state index is 12.6. The number of thiophene rings is 1. The molecule has 2 N–H and O–H groups in total. The molecular weight excluding hydrogens is 292 g/mol. The SMILES string of the molecule is CC1c2ccsc2CCN1C(=O)c1cccc(N)c1.Cl. The number of nitrogens with zero attached hydrogens (tertiary/aromatic N) is 1. The molecule has 1 atom stereocenters. The summed E-state index contributed by atoms with van der Waals surface area (Å²) >= 11 is 1.78. The van der Waals surface area contributed by atoms with Crippen LogP contribution in [-0.2, 0) is 6.42 Å². The Bertz CT molecular complexity index is 626. The van der Waals surface area contributed by atoms with Gasteiger partial charge in [-0.3, -0.25) is 4.79 Å². The number of halogens is 1. The van der Waals surface area contributed by atoms with Crippen LogP contribution in [0.25, 0.3) is 0 Å². The van der Waals surface area contributed by atoms with E-state index in [0.29, 0.717) is 11.3 Å². The molecule has 0 fully saturated rings. The zero-order valence-corrected chi connectivity index (χ0v) is 12.8. The van der Waals surface area contributed by atoms with Crippen LogP contribution < -0.4 is 5.73 Å². The third-order valence-electron chi connectivity index (χ3n) is 3.67. The molecule has 0 spiro atoms. The first-order valence-corrected chi connectivity index (χ1v) is 7.27. The van der Waals surface area contributed by atoms with Gasteiger partial charge in [0, 0.05) is 22.7 Å². The van der Waals surface area contributed by atoms with Gasteiger partial charge in [0.2, 0.25) is 0 Å². The van der Waals surface area contributed by atoms with Gasteiger partial charge < -0.3 is 10.6 Å². The molecule has 1 aromatic heterocycles. The van der Waals surface area contributed by atoms with E-state index in [1.54, 1.807) is 23.5 Å². The first kappa shape index (κ1) is 14.9. The Morgan fingerprint density at radius 3 is 2.95 bits per heavy atom. The number of benzene rings is 1. The van der Waals surface area contributed by atoms with Crippen molar-refractivity contribution in [3.05, 3.63) is 51.7 Å². The van der Waals surface area contributed by atoms with Gasteiger partial charge in [0.1, 0.15) is 0 Å². The van der Waals surface area contributed by atoms with Crippen molar-refractivity contribution < 1.29 is 4.79 Å². The quantitative estimate of drug-likeness (QED) is 0.819. The van der Waals surface area contributed by atoms with Crippen molar-refractivity contribution in [1.29, 1.82) is 0 Å². The molecule has 0 bridgehead atoms. The van der Waals surface area contributed by atoms with Gasteiger partial charge in [-0.25, -0.2) is 0 Å². The summed E-state index contributed by atoms with van der Waals surface area (Å²) < 4.78 is 0. The lowest BCUT2D eigenvalue weighted by atomic mass is 10.0. The van der Waals surface area contributed by atoms with Crippen molar-refractivity contribution in [3.8, 4) is 0 Å². The Kier molecular flexibility index (Phi) is 4.35. The highest BCUT2D eigenvalue weighted by atomic mass is 35.5. The van der Waals surface area contributed by atoms with E-state index >= 15 is 0 Å². The molecule has 20 heavy (non-hydrogen) atoms.